The summed E-state index contributed by atoms with van der Waals surface area (Å²) in [7, 11) is 5.30. The first-order valence-corrected chi connectivity index (χ1v) is 9.77. The number of benzene rings is 1. The quantitative estimate of drug-likeness (QED) is 0.235. The zero-order valence-electron chi connectivity index (χ0n) is 18.5. The number of aliphatic imine (C=N–C) groups is 1. The molecule has 1 rings (SSSR count). The van der Waals surface area contributed by atoms with E-state index >= 15 is 0 Å². The van der Waals surface area contributed by atoms with Crippen LogP contribution in [0.2, 0.25) is 0 Å². The third-order valence-electron chi connectivity index (χ3n) is 4.50. The molecule has 0 heterocycles. The van der Waals surface area contributed by atoms with Crippen molar-refractivity contribution in [2.24, 2.45) is 4.99 Å². The van der Waals surface area contributed by atoms with E-state index in [-0.39, 0.29) is 29.9 Å². The molecule has 0 fully saturated rings. The first kappa shape index (κ1) is 26.6. The van der Waals surface area contributed by atoms with Gasteiger partial charge in [-0.3, -0.25) is 14.7 Å². The minimum absolute atomic E-state index is 0. The molecule has 0 aliphatic rings. The number of hydrogen-bond acceptors (Lipinski definition) is 3. The molecule has 0 spiro atoms. The Balaban J connectivity index is 0.00000729. The molecule has 0 aliphatic heterocycles. The van der Waals surface area contributed by atoms with E-state index in [0.717, 1.165) is 31.0 Å². The molecular formula is C21H38IN5O. The van der Waals surface area contributed by atoms with Crippen LogP contribution in [0.25, 0.3) is 0 Å². The topological polar surface area (TPSA) is 60.0 Å². The Morgan fingerprint density at radius 1 is 1.04 bits per heavy atom. The predicted molar refractivity (Wildman–Crippen MR) is 130 cm³/mol. The van der Waals surface area contributed by atoms with Crippen LogP contribution < -0.4 is 10.6 Å². The summed E-state index contributed by atoms with van der Waals surface area (Å²) in [6, 6.07) is 8.79. The molecule has 0 saturated heterocycles. The molecule has 6 nitrogen and oxygen atoms in total. The number of guanidine groups is 1. The standard InChI is InChI=1S/C21H37N5O.HI/c1-16(2)26(17(3)4)14-8-13-23-21(22-5)24-15-18-9-11-19(12-10-18)20(27)25(6)7;/h9-12,16-17H,8,13-15H2,1-7H3,(H2,22,23,24);1H. The molecule has 1 amide bonds. The maximum Gasteiger partial charge on any atom is 0.253 e. The molecule has 0 unspecified atom stereocenters. The SMILES string of the molecule is CN=C(NCCCN(C(C)C)C(C)C)NCc1ccc(C(=O)N(C)C)cc1.I. The van der Waals surface area contributed by atoms with Gasteiger partial charge in [0, 0.05) is 58.4 Å². The Kier molecular flexibility index (Phi) is 13.1. The molecule has 0 saturated carbocycles. The number of carbonyl (C=O) groups is 1. The smallest absolute Gasteiger partial charge is 0.253 e. The summed E-state index contributed by atoms with van der Waals surface area (Å²) in [5.74, 6) is 0.813. The van der Waals surface area contributed by atoms with Crippen LogP contribution in [0, 0.1) is 0 Å². The summed E-state index contributed by atoms with van der Waals surface area (Å²) in [5, 5.41) is 6.69. The Morgan fingerprint density at radius 3 is 2.07 bits per heavy atom. The van der Waals surface area contributed by atoms with E-state index in [1.165, 1.54) is 0 Å². The van der Waals surface area contributed by atoms with Crippen LogP contribution >= 0.6 is 24.0 Å². The Morgan fingerprint density at radius 2 is 1.61 bits per heavy atom. The van der Waals surface area contributed by atoms with E-state index in [1.807, 2.05) is 24.3 Å². The molecule has 28 heavy (non-hydrogen) atoms. The minimum atomic E-state index is 0. The average molecular weight is 503 g/mol. The summed E-state index contributed by atoms with van der Waals surface area (Å²) < 4.78 is 0. The normalized spacial score (nSPS) is 11.6. The number of hydrogen-bond donors (Lipinski definition) is 2. The predicted octanol–water partition coefficient (Wildman–Crippen LogP) is 3.18. The molecule has 0 bridgehead atoms. The molecule has 0 atom stereocenters. The van der Waals surface area contributed by atoms with Crippen LogP contribution in [-0.2, 0) is 6.54 Å². The maximum absolute atomic E-state index is 11.9. The van der Waals surface area contributed by atoms with Crippen molar-refractivity contribution >= 4 is 35.8 Å². The van der Waals surface area contributed by atoms with E-state index in [4.69, 9.17) is 0 Å². The lowest BCUT2D eigenvalue weighted by molar-refractivity contribution is 0.0827. The molecule has 1 aromatic carbocycles. The summed E-state index contributed by atoms with van der Waals surface area (Å²) in [6.07, 6.45) is 1.07. The van der Waals surface area contributed by atoms with Gasteiger partial charge in [-0.2, -0.15) is 0 Å². The Labute approximate surface area is 188 Å². The zero-order valence-corrected chi connectivity index (χ0v) is 20.8. The van der Waals surface area contributed by atoms with Gasteiger partial charge in [0.25, 0.3) is 5.91 Å². The highest BCUT2D eigenvalue weighted by Gasteiger charge is 2.12. The van der Waals surface area contributed by atoms with Crippen molar-refractivity contribution in [3.63, 3.8) is 0 Å². The van der Waals surface area contributed by atoms with Crippen LogP contribution in [0.4, 0.5) is 0 Å². The van der Waals surface area contributed by atoms with Crippen molar-refractivity contribution < 1.29 is 4.79 Å². The van der Waals surface area contributed by atoms with Gasteiger partial charge in [-0.05, 0) is 51.8 Å². The average Bonchev–Trinajstić information content (AvgIpc) is 2.63. The van der Waals surface area contributed by atoms with Gasteiger partial charge >= 0.3 is 0 Å². The van der Waals surface area contributed by atoms with Crippen molar-refractivity contribution in [2.45, 2.75) is 52.7 Å². The van der Waals surface area contributed by atoms with Crippen LogP contribution in [0.1, 0.15) is 50.0 Å². The molecule has 7 heteroatoms. The van der Waals surface area contributed by atoms with Gasteiger partial charge < -0.3 is 15.5 Å². The van der Waals surface area contributed by atoms with Gasteiger partial charge in [-0.1, -0.05) is 12.1 Å². The van der Waals surface area contributed by atoms with Crippen molar-refractivity contribution in [3.05, 3.63) is 35.4 Å². The number of halogens is 1. The molecule has 0 radical (unpaired) electrons. The van der Waals surface area contributed by atoms with Gasteiger partial charge in [0.1, 0.15) is 0 Å². The van der Waals surface area contributed by atoms with Gasteiger partial charge in [-0.15, -0.1) is 24.0 Å². The Hall–Kier alpha value is -1.35. The van der Waals surface area contributed by atoms with E-state index < -0.39 is 0 Å². The summed E-state index contributed by atoms with van der Waals surface area (Å²) in [6.45, 7) is 11.6. The second-order valence-corrected chi connectivity index (χ2v) is 7.53. The molecule has 160 valence electrons. The molecular weight excluding hydrogens is 465 g/mol. The molecule has 1 aromatic rings. The fourth-order valence-electron chi connectivity index (χ4n) is 3.01. The number of nitrogens with zero attached hydrogens (tertiary/aromatic N) is 3. The number of rotatable bonds is 9. The van der Waals surface area contributed by atoms with Gasteiger partial charge in [0.15, 0.2) is 5.96 Å². The zero-order chi connectivity index (χ0) is 20.4. The van der Waals surface area contributed by atoms with Crippen molar-refractivity contribution in [2.75, 3.05) is 34.2 Å². The summed E-state index contributed by atoms with van der Waals surface area (Å²) in [4.78, 5) is 20.3. The van der Waals surface area contributed by atoms with E-state index in [0.29, 0.717) is 24.2 Å². The monoisotopic (exact) mass is 503 g/mol. The largest absolute Gasteiger partial charge is 0.356 e. The lowest BCUT2D eigenvalue weighted by Crippen LogP contribution is -2.41. The van der Waals surface area contributed by atoms with Crippen molar-refractivity contribution in [1.82, 2.24) is 20.4 Å². The van der Waals surface area contributed by atoms with Crippen LogP contribution in [0.5, 0.6) is 0 Å². The highest BCUT2D eigenvalue weighted by atomic mass is 127. The van der Waals surface area contributed by atoms with Crippen LogP contribution in [-0.4, -0.2) is 68.0 Å². The van der Waals surface area contributed by atoms with Crippen molar-refractivity contribution in [1.29, 1.82) is 0 Å². The third-order valence-corrected chi connectivity index (χ3v) is 4.50. The fourth-order valence-corrected chi connectivity index (χ4v) is 3.01. The first-order valence-electron chi connectivity index (χ1n) is 9.77. The lowest BCUT2D eigenvalue weighted by atomic mass is 10.1. The number of nitrogens with one attached hydrogen (secondary N) is 2. The van der Waals surface area contributed by atoms with Gasteiger partial charge in [0.05, 0.1) is 0 Å². The van der Waals surface area contributed by atoms with Crippen molar-refractivity contribution in [3.8, 4) is 0 Å². The van der Waals surface area contributed by atoms with E-state index in [9.17, 15) is 4.79 Å². The summed E-state index contributed by atoms with van der Waals surface area (Å²) in [5.41, 5.74) is 1.81. The van der Waals surface area contributed by atoms with Gasteiger partial charge in [0.2, 0.25) is 0 Å². The van der Waals surface area contributed by atoms with Crippen LogP contribution in [0.3, 0.4) is 0 Å². The molecule has 0 aliphatic carbocycles. The fraction of sp³-hybridized carbons (Fsp3) is 0.619. The van der Waals surface area contributed by atoms with Crippen LogP contribution in [0.15, 0.2) is 29.3 Å². The molecule has 0 aromatic heterocycles. The minimum Gasteiger partial charge on any atom is -0.356 e. The first-order chi connectivity index (χ1) is 12.8. The van der Waals surface area contributed by atoms with E-state index in [2.05, 4.69) is 48.2 Å². The van der Waals surface area contributed by atoms with Gasteiger partial charge in [-0.25, -0.2) is 0 Å². The second kappa shape index (κ2) is 13.8. The summed E-state index contributed by atoms with van der Waals surface area (Å²) >= 11 is 0. The maximum atomic E-state index is 11.9. The Bertz CT molecular complexity index is 591. The number of carbonyl (C=O) groups excluding carboxylic acids is 1. The third kappa shape index (κ3) is 9.23. The van der Waals surface area contributed by atoms with E-state index in [1.54, 1.807) is 26.0 Å². The lowest BCUT2D eigenvalue weighted by Gasteiger charge is -2.30. The highest BCUT2D eigenvalue weighted by molar-refractivity contribution is 14.0. The second-order valence-electron chi connectivity index (χ2n) is 7.53. The number of amides is 1. The molecule has 2 N–H and O–H groups in total. The highest BCUT2D eigenvalue weighted by Crippen LogP contribution is 2.07.